The molecule has 0 unspecified atom stereocenters. The van der Waals surface area contributed by atoms with E-state index < -0.39 is 0 Å². The number of rotatable bonds is 8. The van der Waals surface area contributed by atoms with Gasteiger partial charge in [0.05, 0.1) is 6.10 Å². The largest absolute Gasteiger partial charge is 0.438 e. The van der Waals surface area contributed by atoms with E-state index in [1.807, 2.05) is 6.92 Å². The van der Waals surface area contributed by atoms with Crippen LogP contribution in [0.4, 0.5) is 0 Å². The van der Waals surface area contributed by atoms with E-state index in [1.54, 1.807) is 0 Å². The molecule has 0 N–H and O–H groups in total. The molecule has 0 aliphatic rings. The van der Waals surface area contributed by atoms with Gasteiger partial charge in [0.25, 0.3) is 0 Å². The van der Waals surface area contributed by atoms with Crippen molar-refractivity contribution in [3.63, 3.8) is 0 Å². The second-order valence-electron chi connectivity index (χ2n) is 3.34. The quantitative estimate of drug-likeness (QED) is 0.448. The van der Waals surface area contributed by atoms with Gasteiger partial charge in [-0.1, -0.05) is 27.2 Å². The van der Waals surface area contributed by atoms with E-state index >= 15 is 0 Å². The smallest absolute Gasteiger partial charge is 0.307 e. The fraction of sp³-hybridized carbons (Fsp3) is 0.909. The van der Waals surface area contributed by atoms with Gasteiger partial charge in [0, 0.05) is 6.42 Å². The van der Waals surface area contributed by atoms with Crippen LogP contribution in [0.3, 0.4) is 0 Å². The van der Waals surface area contributed by atoms with Crippen LogP contribution < -0.4 is 0 Å². The van der Waals surface area contributed by atoms with E-state index in [1.165, 1.54) is 0 Å². The Morgan fingerprint density at radius 3 is 2.36 bits per heavy atom. The topological polar surface area (TPSA) is 35.5 Å². The molecule has 0 saturated heterocycles. The zero-order valence-electron chi connectivity index (χ0n) is 9.54. The Morgan fingerprint density at radius 1 is 1.21 bits per heavy atom. The predicted octanol–water partition coefficient (Wildman–Crippen LogP) is 2.88. The van der Waals surface area contributed by atoms with Gasteiger partial charge >= 0.3 is 5.97 Å². The van der Waals surface area contributed by atoms with Crippen molar-refractivity contribution < 1.29 is 14.3 Å². The van der Waals surface area contributed by atoms with Crippen molar-refractivity contribution in [2.75, 3.05) is 6.79 Å². The van der Waals surface area contributed by atoms with E-state index in [-0.39, 0.29) is 18.9 Å². The van der Waals surface area contributed by atoms with E-state index in [0.29, 0.717) is 6.42 Å². The number of hydrogen-bond donors (Lipinski definition) is 0. The van der Waals surface area contributed by atoms with Crippen molar-refractivity contribution in [1.29, 1.82) is 0 Å². The van der Waals surface area contributed by atoms with E-state index in [4.69, 9.17) is 9.47 Å². The molecular formula is C11H22O3. The summed E-state index contributed by atoms with van der Waals surface area (Å²) in [5.41, 5.74) is 0. The zero-order chi connectivity index (χ0) is 10.8. The number of carbonyl (C=O) groups is 1. The zero-order valence-corrected chi connectivity index (χ0v) is 9.54. The molecule has 0 rings (SSSR count). The van der Waals surface area contributed by atoms with Crippen LogP contribution >= 0.6 is 0 Å². The van der Waals surface area contributed by atoms with Crippen LogP contribution in [-0.4, -0.2) is 18.9 Å². The van der Waals surface area contributed by atoms with Crippen LogP contribution in [0.2, 0.25) is 0 Å². The maximum atomic E-state index is 11.1. The van der Waals surface area contributed by atoms with Crippen molar-refractivity contribution in [3.05, 3.63) is 0 Å². The molecule has 0 heterocycles. The molecule has 0 aromatic heterocycles. The SMILES string of the molecule is CCCCC(=O)OCOC(CC)CC. The number of ether oxygens (including phenoxy) is 2. The lowest BCUT2D eigenvalue weighted by molar-refractivity contribution is -0.161. The minimum absolute atomic E-state index is 0.106. The van der Waals surface area contributed by atoms with Crippen molar-refractivity contribution in [3.8, 4) is 0 Å². The summed E-state index contributed by atoms with van der Waals surface area (Å²) in [6.07, 6.45) is 4.55. The molecular weight excluding hydrogens is 180 g/mol. The molecule has 0 fully saturated rings. The molecule has 3 nitrogen and oxygen atoms in total. The van der Waals surface area contributed by atoms with Crippen molar-refractivity contribution in [2.24, 2.45) is 0 Å². The molecule has 0 bridgehead atoms. The molecule has 0 amide bonds. The summed E-state index contributed by atoms with van der Waals surface area (Å²) in [7, 11) is 0. The van der Waals surface area contributed by atoms with Crippen LogP contribution in [0.5, 0.6) is 0 Å². The average Bonchev–Trinajstić information content (AvgIpc) is 2.21. The van der Waals surface area contributed by atoms with E-state index in [9.17, 15) is 4.79 Å². The normalized spacial score (nSPS) is 10.6. The van der Waals surface area contributed by atoms with Gasteiger partial charge in [-0.05, 0) is 19.3 Å². The minimum Gasteiger partial charge on any atom is -0.438 e. The lowest BCUT2D eigenvalue weighted by Gasteiger charge is -2.13. The van der Waals surface area contributed by atoms with Gasteiger partial charge in [0.1, 0.15) is 0 Å². The molecule has 0 atom stereocenters. The molecule has 0 aliphatic heterocycles. The van der Waals surface area contributed by atoms with Crippen LogP contribution in [0.1, 0.15) is 52.9 Å². The van der Waals surface area contributed by atoms with Gasteiger partial charge in [0.15, 0.2) is 6.79 Å². The van der Waals surface area contributed by atoms with Gasteiger partial charge in [-0.3, -0.25) is 4.79 Å². The summed E-state index contributed by atoms with van der Waals surface area (Å²) in [6, 6.07) is 0. The lowest BCUT2D eigenvalue weighted by Crippen LogP contribution is -2.15. The molecule has 0 spiro atoms. The lowest BCUT2D eigenvalue weighted by atomic mass is 10.2. The van der Waals surface area contributed by atoms with Crippen molar-refractivity contribution >= 4 is 5.97 Å². The molecule has 84 valence electrons. The molecule has 14 heavy (non-hydrogen) atoms. The fourth-order valence-corrected chi connectivity index (χ4v) is 1.11. The number of carbonyl (C=O) groups excluding carboxylic acids is 1. The first kappa shape index (κ1) is 13.4. The van der Waals surface area contributed by atoms with Crippen LogP contribution in [-0.2, 0) is 14.3 Å². The Balaban J connectivity index is 3.38. The summed E-state index contributed by atoms with van der Waals surface area (Å²) >= 11 is 0. The Labute approximate surface area is 86.8 Å². The summed E-state index contributed by atoms with van der Waals surface area (Å²) in [5, 5.41) is 0. The number of unbranched alkanes of at least 4 members (excludes halogenated alkanes) is 1. The molecule has 0 saturated carbocycles. The summed E-state index contributed by atoms with van der Waals surface area (Å²) in [5.74, 6) is -0.155. The van der Waals surface area contributed by atoms with Gasteiger partial charge in [-0.15, -0.1) is 0 Å². The standard InChI is InChI=1S/C11H22O3/c1-4-7-8-11(12)14-9-13-10(5-2)6-3/h10H,4-9H2,1-3H3. The third kappa shape index (κ3) is 6.89. The molecule has 0 aromatic rings. The van der Waals surface area contributed by atoms with Gasteiger partial charge in [0.2, 0.25) is 0 Å². The van der Waals surface area contributed by atoms with E-state index in [0.717, 1.165) is 25.7 Å². The monoisotopic (exact) mass is 202 g/mol. The molecule has 0 aliphatic carbocycles. The minimum atomic E-state index is -0.155. The van der Waals surface area contributed by atoms with Crippen molar-refractivity contribution in [1.82, 2.24) is 0 Å². The first-order chi connectivity index (χ1) is 6.74. The molecule has 3 heteroatoms. The second-order valence-corrected chi connectivity index (χ2v) is 3.34. The second kappa shape index (κ2) is 9.00. The maximum Gasteiger partial charge on any atom is 0.307 e. The predicted molar refractivity (Wildman–Crippen MR) is 55.9 cm³/mol. The van der Waals surface area contributed by atoms with Gasteiger partial charge in [-0.2, -0.15) is 0 Å². The Kier molecular flexibility index (Phi) is 8.64. The molecule has 0 aromatic carbocycles. The Hall–Kier alpha value is -0.570. The first-order valence-corrected chi connectivity index (χ1v) is 5.51. The Bertz CT molecular complexity index is 141. The highest BCUT2D eigenvalue weighted by Crippen LogP contribution is 2.03. The maximum absolute atomic E-state index is 11.1. The average molecular weight is 202 g/mol. The summed E-state index contributed by atoms with van der Waals surface area (Å²) in [4.78, 5) is 11.1. The summed E-state index contributed by atoms with van der Waals surface area (Å²) < 4.78 is 10.3. The third-order valence-electron chi connectivity index (χ3n) is 2.17. The fourth-order valence-electron chi connectivity index (χ4n) is 1.11. The first-order valence-electron chi connectivity index (χ1n) is 5.51. The Morgan fingerprint density at radius 2 is 1.86 bits per heavy atom. The number of hydrogen-bond acceptors (Lipinski definition) is 3. The molecule has 0 radical (unpaired) electrons. The highest BCUT2D eigenvalue weighted by molar-refractivity contribution is 5.69. The van der Waals surface area contributed by atoms with E-state index in [2.05, 4.69) is 13.8 Å². The van der Waals surface area contributed by atoms with Gasteiger partial charge < -0.3 is 9.47 Å². The highest BCUT2D eigenvalue weighted by atomic mass is 16.7. The van der Waals surface area contributed by atoms with Gasteiger partial charge in [-0.25, -0.2) is 0 Å². The van der Waals surface area contributed by atoms with Crippen LogP contribution in [0.15, 0.2) is 0 Å². The van der Waals surface area contributed by atoms with Crippen LogP contribution in [0.25, 0.3) is 0 Å². The van der Waals surface area contributed by atoms with Crippen LogP contribution in [0, 0.1) is 0 Å². The highest BCUT2D eigenvalue weighted by Gasteiger charge is 2.05. The van der Waals surface area contributed by atoms with Crippen molar-refractivity contribution in [2.45, 2.75) is 59.0 Å². The summed E-state index contributed by atoms with van der Waals surface area (Å²) in [6.45, 7) is 6.28. The third-order valence-corrected chi connectivity index (χ3v) is 2.17. The number of esters is 1.